The molecule has 0 aromatic heterocycles. The summed E-state index contributed by atoms with van der Waals surface area (Å²) in [4.78, 5) is 25.1. The van der Waals surface area contributed by atoms with Crippen LogP contribution in [0.1, 0.15) is 19.3 Å². The zero-order valence-corrected chi connectivity index (χ0v) is 9.73. The highest BCUT2D eigenvalue weighted by atomic mass is 19.1. The molecule has 0 radical (unpaired) electrons. The molecule has 5 heteroatoms. The van der Waals surface area contributed by atoms with E-state index in [0.717, 1.165) is 12.8 Å². The molecule has 0 spiro atoms. The Hall–Kier alpha value is -1.91. The lowest BCUT2D eigenvalue weighted by Crippen LogP contribution is -2.36. The number of hydrogen-bond acceptors (Lipinski definition) is 3. The normalized spacial score (nSPS) is 23.6. The second-order valence-electron chi connectivity index (χ2n) is 4.71. The number of nitrogens with zero attached hydrogens (tertiary/aromatic N) is 1. The molecule has 2 aliphatic rings. The largest absolute Gasteiger partial charge is 0.371 e. The van der Waals surface area contributed by atoms with E-state index < -0.39 is 11.9 Å². The number of anilines is 1. The van der Waals surface area contributed by atoms with E-state index in [9.17, 15) is 14.0 Å². The molecule has 1 N–H and O–H groups in total. The van der Waals surface area contributed by atoms with Gasteiger partial charge in [-0.05, 0) is 25.0 Å². The first-order valence-electron chi connectivity index (χ1n) is 6.04. The number of nitrogens with one attached hydrogen (secondary N) is 1. The summed E-state index contributed by atoms with van der Waals surface area (Å²) in [6.07, 6.45) is 1.90. The fourth-order valence-corrected chi connectivity index (χ4v) is 2.25. The summed E-state index contributed by atoms with van der Waals surface area (Å²) >= 11 is 0. The van der Waals surface area contributed by atoms with E-state index in [1.165, 1.54) is 11.0 Å². The van der Waals surface area contributed by atoms with E-state index in [1.54, 1.807) is 18.2 Å². The van der Waals surface area contributed by atoms with Gasteiger partial charge in [0, 0.05) is 6.04 Å². The van der Waals surface area contributed by atoms with Crippen LogP contribution in [0, 0.1) is 5.82 Å². The minimum Gasteiger partial charge on any atom is -0.371 e. The van der Waals surface area contributed by atoms with Crippen molar-refractivity contribution in [3.63, 3.8) is 0 Å². The first-order valence-corrected chi connectivity index (χ1v) is 6.04. The molecule has 1 aliphatic carbocycles. The number of para-hydroxylation sites is 1. The number of rotatable bonds is 3. The van der Waals surface area contributed by atoms with Gasteiger partial charge in [0.25, 0.3) is 5.91 Å². The van der Waals surface area contributed by atoms with E-state index in [4.69, 9.17) is 0 Å². The van der Waals surface area contributed by atoms with E-state index in [1.807, 2.05) is 0 Å². The van der Waals surface area contributed by atoms with E-state index in [2.05, 4.69) is 5.32 Å². The van der Waals surface area contributed by atoms with Crippen LogP contribution in [0.15, 0.2) is 24.3 Å². The zero-order chi connectivity index (χ0) is 12.7. The highest BCUT2D eigenvalue weighted by Gasteiger charge is 2.46. The minimum absolute atomic E-state index is 0.0809. The number of imide groups is 1. The topological polar surface area (TPSA) is 49.4 Å². The third-order valence-electron chi connectivity index (χ3n) is 3.30. The molecule has 1 aromatic carbocycles. The van der Waals surface area contributed by atoms with Crippen LogP contribution in [0.2, 0.25) is 0 Å². The molecule has 0 bridgehead atoms. The number of carbonyl (C=O) groups excluding carboxylic acids is 2. The Morgan fingerprint density at radius 3 is 2.61 bits per heavy atom. The predicted octanol–water partition coefficient (Wildman–Crippen LogP) is 1.53. The number of hydrogen-bond donors (Lipinski definition) is 1. The third-order valence-corrected chi connectivity index (χ3v) is 3.30. The fraction of sp³-hybridized carbons (Fsp3) is 0.385. The number of benzene rings is 1. The summed E-state index contributed by atoms with van der Waals surface area (Å²) in [6.45, 7) is 0. The van der Waals surface area contributed by atoms with Crippen molar-refractivity contribution in [1.82, 2.24) is 4.90 Å². The van der Waals surface area contributed by atoms with Gasteiger partial charge in [0.15, 0.2) is 0 Å². The van der Waals surface area contributed by atoms with E-state index in [0.29, 0.717) is 0 Å². The molecule has 1 aliphatic heterocycles. The summed E-state index contributed by atoms with van der Waals surface area (Å²) in [6, 6.07) is 5.60. The Morgan fingerprint density at radius 1 is 1.22 bits per heavy atom. The molecular weight excluding hydrogens is 235 g/mol. The quantitative estimate of drug-likeness (QED) is 0.825. The Kier molecular flexibility index (Phi) is 2.54. The third kappa shape index (κ3) is 1.85. The Bertz CT molecular complexity index is 513. The molecule has 2 fully saturated rings. The Morgan fingerprint density at radius 2 is 1.94 bits per heavy atom. The van der Waals surface area contributed by atoms with Crippen LogP contribution >= 0.6 is 0 Å². The van der Waals surface area contributed by atoms with Gasteiger partial charge in [-0.2, -0.15) is 0 Å². The predicted molar refractivity (Wildman–Crippen MR) is 63.3 cm³/mol. The van der Waals surface area contributed by atoms with Gasteiger partial charge in [-0.15, -0.1) is 0 Å². The molecule has 1 heterocycles. The summed E-state index contributed by atoms with van der Waals surface area (Å²) < 4.78 is 13.5. The Labute approximate surface area is 104 Å². The van der Waals surface area contributed by atoms with Gasteiger partial charge in [-0.3, -0.25) is 14.5 Å². The van der Waals surface area contributed by atoms with Crippen molar-refractivity contribution in [2.45, 2.75) is 31.3 Å². The van der Waals surface area contributed by atoms with Gasteiger partial charge in [0.05, 0.1) is 12.1 Å². The number of amides is 2. The summed E-state index contributed by atoms with van der Waals surface area (Å²) in [5.41, 5.74) is 0.265. The van der Waals surface area contributed by atoms with E-state index >= 15 is 0 Å². The molecular formula is C13H13FN2O2. The molecule has 94 valence electrons. The molecule has 3 rings (SSSR count). The van der Waals surface area contributed by atoms with Crippen molar-refractivity contribution in [1.29, 1.82) is 0 Å². The highest BCUT2D eigenvalue weighted by molar-refractivity contribution is 6.07. The van der Waals surface area contributed by atoms with Crippen molar-refractivity contribution in [2.75, 3.05) is 5.32 Å². The van der Waals surface area contributed by atoms with Crippen molar-refractivity contribution in [3.05, 3.63) is 30.1 Å². The lowest BCUT2D eigenvalue weighted by atomic mass is 10.2. The van der Waals surface area contributed by atoms with Crippen molar-refractivity contribution in [3.8, 4) is 0 Å². The van der Waals surface area contributed by atoms with Crippen molar-refractivity contribution in [2.24, 2.45) is 0 Å². The number of halogens is 1. The molecule has 1 saturated heterocycles. The molecule has 1 aromatic rings. The SMILES string of the molecule is O=C1CC(Nc2ccccc2F)C(=O)N1C1CC1. The molecule has 2 amide bonds. The molecule has 1 saturated carbocycles. The van der Waals surface area contributed by atoms with Crippen LogP contribution < -0.4 is 5.32 Å². The Balaban J connectivity index is 1.76. The standard InChI is InChI=1S/C13H13FN2O2/c14-9-3-1-2-4-10(9)15-11-7-12(17)16(13(11)18)8-5-6-8/h1-4,8,11,15H,5-7H2. The van der Waals surface area contributed by atoms with Gasteiger partial charge in [0.1, 0.15) is 11.9 Å². The van der Waals surface area contributed by atoms with Crippen LogP contribution in [0.3, 0.4) is 0 Å². The smallest absolute Gasteiger partial charge is 0.252 e. The maximum absolute atomic E-state index is 13.5. The second kappa shape index (κ2) is 4.08. The summed E-state index contributed by atoms with van der Waals surface area (Å²) in [5, 5.41) is 2.81. The van der Waals surface area contributed by atoms with Gasteiger partial charge < -0.3 is 5.32 Å². The second-order valence-corrected chi connectivity index (χ2v) is 4.71. The zero-order valence-electron chi connectivity index (χ0n) is 9.73. The molecule has 1 unspecified atom stereocenters. The van der Waals surface area contributed by atoms with Crippen LogP contribution in [-0.2, 0) is 9.59 Å². The first kappa shape index (κ1) is 11.2. The van der Waals surface area contributed by atoms with E-state index in [-0.39, 0.29) is 30.0 Å². The van der Waals surface area contributed by atoms with Gasteiger partial charge >= 0.3 is 0 Å². The monoisotopic (exact) mass is 248 g/mol. The molecule has 18 heavy (non-hydrogen) atoms. The summed E-state index contributed by atoms with van der Waals surface area (Å²) in [7, 11) is 0. The van der Waals surface area contributed by atoms with Crippen LogP contribution in [-0.4, -0.2) is 28.8 Å². The van der Waals surface area contributed by atoms with Gasteiger partial charge in [-0.25, -0.2) is 4.39 Å². The lowest BCUT2D eigenvalue weighted by molar-refractivity contribution is -0.139. The molecule has 1 atom stereocenters. The van der Waals surface area contributed by atoms with Crippen LogP contribution in [0.25, 0.3) is 0 Å². The van der Waals surface area contributed by atoms with Gasteiger partial charge in [0.2, 0.25) is 5.91 Å². The van der Waals surface area contributed by atoms with Crippen molar-refractivity contribution < 1.29 is 14.0 Å². The highest BCUT2D eigenvalue weighted by Crippen LogP contribution is 2.32. The minimum atomic E-state index is -0.630. The van der Waals surface area contributed by atoms with Gasteiger partial charge in [-0.1, -0.05) is 12.1 Å². The average Bonchev–Trinajstić information content (AvgIpc) is 3.11. The maximum atomic E-state index is 13.5. The number of carbonyl (C=O) groups is 2. The van der Waals surface area contributed by atoms with Crippen molar-refractivity contribution >= 4 is 17.5 Å². The number of likely N-dealkylation sites (tertiary alicyclic amines) is 1. The summed E-state index contributed by atoms with van der Waals surface area (Å²) in [5.74, 6) is -0.801. The lowest BCUT2D eigenvalue weighted by Gasteiger charge is -2.15. The van der Waals surface area contributed by atoms with Crippen LogP contribution in [0.5, 0.6) is 0 Å². The average molecular weight is 248 g/mol. The molecule has 4 nitrogen and oxygen atoms in total. The first-order chi connectivity index (χ1) is 8.66. The maximum Gasteiger partial charge on any atom is 0.252 e. The van der Waals surface area contributed by atoms with Crippen LogP contribution in [0.4, 0.5) is 10.1 Å². The fourth-order valence-electron chi connectivity index (χ4n) is 2.25.